The maximum Gasteiger partial charge on any atom is 0.243 e. The average Bonchev–Trinajstić information content (AvgIpc) is 3.06. The highest BCUT2D eigenvalue weighted by Gasteiger charge is 2.58. The van der Waals surface area contributed by atoms with Crippen LogP contribution in [-0.4, -0.2) is 59.5 Å². The molecule has 3 aliphatic rings. The standard InChI is InChI=1S/C23H37N3O4/c1-4-8-15-11-12-17-19(18(15)21(28)24-3)23(30)26(14(2)13-27)20(17)22(29)25-16-9-6-5-7-10-16/h11-12,14-20,27H,4-10,13H2,1-3H3,(H,24,28)(H,25,29)/t14-,15-,17+,18-,19+,20+/m1/s1. The molecule has 2 fully saturated rings. The third kappa shape index (κ3) is 4.27. The lowest BCUT2D eigenvalue weighted by Crippen LogP contribution is -2.53. The van der Waals surface area contributed by atoms with Crippen molar-refractivity contribution in [2.24, 2.45) is 23.7 Å². The van der Waals surface area contributed by atoms with E-state index in [-0.39, 0.29) is 42.2 Å². The molecular formula is C23H37N3O4. The Morgan fingerprint density at radius 3 is 2.50 bits per heavy atom. The van der Waals surface area contributed by atoms with Gasteiger partial charge in [-0.2, -0.15) is 0 Å². The van der Waals surface area contributed by atoms with Crippen LogP contribution in [0.1, 0.15) is 58.8 Å². The van der Waals surface area contributed by atoms with Gasteiger partial charge in [0.1, 0.15) is 6.04 Å². The van der Waals surface area contributed by atoms with Crippen molar-refractivity contribution in [1.82, 2.24) is 15.5 Å². The summed E-state index contributed by atoms with van der Waals surface area (Å²) >= 11 is 0. The van der Waals surface area contributed by atoms with Crippen LogP contribution in [0.15, 0.2) is 12.2 Å². The van der Waals surface area contributed by atoms with E-state index in [1.165, 1.54) is 6.42 Å². The van der Waals surface area contributed by atoms with E-state index in [1.54, 1.807) is 18.9 Å². The van der Waals surface area contributed by atoms with Gasteiger partial charge in [-0.05, 0) is 32.1 Å². The minimum atomic E-state index is -0.683. The number of nitrogens with one attached hydrogen (secondary N) is 2. The molecule has 7 nitrogen and oxygen atoms in total. The van der Waals surface area contributed by atoms with E-state index in [4.69, 9.17) is 0 Å². The van der Waals surface area contributed by atoms with E-state index in [9.17, 15) is 19.5 Å². The van der Waals surface area contributed by atoms with Crippen LogP contribution in [-0.2, 0) is 14.4 Å². The molecule has 1 saturated carbocycles. The Bertz CT molecular complexity index is 673. The third-order valence-corrected chi connectivity index (χ3v) is 7.18. The van der Waals surface area contributed by atoms with Gasteiger partial charge in [0, 0.05) is 19.0 Å². The minimum Gasteiger partial charge on any atom is -0.394 e. The van der Waals surface area contributed by atoms with Crippen LogP contribution in [0.3, 0.4) is 0 Å². The van der Waals surface area contributed by atoms with E-state index in [2.05, 4.69) is 17.6 Å². The molecular weight excluding hydrogens is 382 g/mol. The molecule has 168 valence electrons. The molecule has 3 rings (SSSR count). The summed E-state index contributed by atoms with van der Waals surface area (Å²) < 4.78 is 0. The highest BCUT2D eigenvalue weighted by molar-refractivity contribution is 5.97. The number of aliphatic hydroxyl groups excluding tert-OH is 1. The first-order chi connectivity index (χ1) is 14.4. The average molecular weight is 420 g/mol. The molecule has 0 spiro atoms. The summed E-state index contributed by atoms with van der Waals surface area (Å²) in [6.07, 6.45) is 11.1. The Morgan fingerprint density at radius 2 is 1.90 bits per heavy atom. The first-order valence-corrected chi connectivity index (χ1v) is 11.6. The van der Waals surface area contributed by atoms with E-state index >= 15 is 0 Å². The molecule has 0 aromatic rings. The van der Waals surface area contributed by atoms with Crippen molar-refractivity contribution in [2.45, 2.75) is 76.9 Å². The number of rotatable bonds is 7. The maximum atomic E-state index is 13.5. The Balaban J connectivity index is 1.94. The van der Waals surface area contributed by atoms with Crippen molar-refractivity contribution >= 4 is 17.7 Å². The van der Waals surface area contributed by atoms with Crippen LogP contribution in [0.25, 0.3) is 0 Å². The molecule has 7 heteroatoms. The lowest BCUT2D eigenvalue weighted by atomic mass is 9.68. The summed E-state index contributed by atoms with van der Waals surface area (Å²) in [5.74, 6) is -1.93. The monoisotopic (exact) mass is 419 g/mol. The number of carbonyl (C=O) groups excluding carboxylic acids is 3. The molecule has 3 amide bonds. The second-order valence-electron chi connectivity index (χ2n) is 9.15. The molecule has 1 saturated heterocycles. The van der Waals surface area contributed by atoms with E-state index in [1.807, 2.05) is 12.2 Å². The number of likely N-dealkylation sites (tertiary alicyclic amines) is 1. The maximum absolute atomic E-state index is 13.5. The second-order valence-corrected chi connectivity index (χ2v) is 9.15. The van der Waals surface area contributed by atoms with Crippen molar-refractivity contribution in [3.63, 3.8) is 0 Å². The van der Waals surface area contributed by atoms with Crippen molar-refractivity contribution in [1.29, 1.82) is 0 Å². The van der Waals surface area contributed by atoms with Gasteiger partial charge in [0.25, 0.3) is 0 Å². The number of nitrogens with zero attached hydrogens (tertiary/aromatic N) is 1. The van der Waals surface area contributed by atoms with Crippen molar-refractivity contribution in [3.8, 4) is 0 Å². The highest BCUT2D eigenvalue weighted by atomic mass is 16.3. The van der Waals surface area contributed by atoms with Gasteiger partial charge in [0.2, 0.25) is 17.7 Å². The summed E-state index contributed by atoms with van der Waals surface area (Å²) in [5.41, 5.74) is 0. The van der Waals surface area contributed by atoms with Crippen LogP contribution in [0.4, 0.5) is 0 Å². The van der Waals surface area contributed by atoms with Gasteiger partial charge in [-0.1, -0.05) is 44.8 Å². The van der Waals surface area contributed by atoms with Crippen LogP contribution >= 0.6 is 0 Å². The van der Waals surface area contributed by atoms with Gasteiger partial charge in [-0.25, -0.2) is 0 Å². The predicted octanol–water partition coefficient (Wildman–Crippen LogP) is 1.61. The lowest BCUT2D eigenvalue weighted by molar-refractivity contribution is -0.143. The molecule has 0 radical (unpaired) electrons. The number of hydrogen-bond acceptors (Lipinski definition) is 4. The summed E-state index contributed by atoms with van der Waals surface area (Å²) in [5, 5.41) is 15.7. The van der Waals surface area contributed by atoms with Gasteiger partial charge in [-0.15, -0.1) is 0 Å². The van der Waals surface area contributed by atoms with Crippen molar-refractivity contribution < 1.29 is 19.5 Å². The second kappa shape index (κ2) is 9.94. The van der Waals surface area contributed by atoms with Gasteiger partial charge < -0.3 is 20.6 Å². The fourth-order valence-electron chi connectivity index (χ4n) is 5.68. The molecule has 0 unspecified atom stereocenters. The number of fused-ring (bicyclic) bond motifs is 1. The van der Waals surface area contributed by atoms with Gasteiger partial charge >= 0.3 is 0 Å². The molecule has 0 aromatic carbocycles. The number of carbonyl (C=O) groups is 3. The smallest absolute Gasteiger partial charge is 0.243 e. The summed E-state index contributed by atoms with van der Waals surface area (Å²) in [6.45, 7) is 3.61. The zero-order chi connectivity index (χ0) is 21.8. The molecule has 0 bridgehead atoms. The summed E-state index contributed by atoms with van der Waals surface area (Å²) in [6, 6.07) is -1.02. The number of hydrogen-bond donors (Lipinski definition) is 3. The molecule has 6 atom stereocenters. The first kappa shape index (κ1) is 22.8. The van der Waals surface area contributed by atoms with Gasteiger partial charge in [0.15, 0.2) is 0 Å². The zero-order valence-corrected chi connectivity index (χ0v) is 18.5. The largest absolute Gasteiger partial charge is 0.394 e. The number of aliphatic hydroxyl groups is 1. The third-order valence-electron chi connectivity index (χ3n) is 7.18. The molecule has 0 aromatic heterocycles. The van der Waals surface area contributed by atoms with E-state index < -0.39 is 23.9 Å². The zero-order valence-electron chi connectivity index (χ0n) is 18.5. The number of allylic oxidation sites excluding steroid dienone is 1. The van der Waals surface area contributed by atoms with Crippen LogP contribution < -0.4 is 10.6 Å². The molecule has 2 aliphatic carbocycles. The van der Waals surface area contributed by atoms with E-state index in [0.29, 0.717) is 0 Å². The van der Waals surface area contributed by atoms with E-state index in [0.717, 1.165) is 38.5 Å². The quantitative estimate of drug-likeness (QED) is 0.546. The molecule has 1 aliphatic heterocycles. The SMILES string of the molecule is CCC[C@@H]1C=C[C@H]2[C@H](C(=O)N([C@H](C)CO)[C@@H]2C(=O)NC2CCCCC2)[C@@H]1C(=O)NC. The topological polar surface area (TPSA) is 98.7 Å². The minimum absolute atomic E-state index is 0.0217. The van der Waals surface area contributed by atoms with Crippen LogP contribution in [0.5, 0.6) is 0 Å². The van der Waals surface area contributed by atoms with Gasteiger partial charge in [-0.3, -0.25) is 14.4 Å². The Hall–Kier alpha value is -1.89. The van der Waals surface area contributed by atoms with Crippen molar-refractivity contribution in [3.05, 3.63) is 12.2 Å². The normalized spacial score (nSPS) is 32.6. The Morgan fingerprint density at radius 1 is 1.20 bits per heavy atom. The summed E-state index contributed by atoms with van der Waals surface area (Å²) in [7, 11) is 1.60. The highest BCUT2D eigenvalue weighted by Crippen LogP contribution is 2.45. The Labute approximate surface area is 179 Å². The van der Waals surface area contributed by atoms with Crippen LogP contribution in [0, 0.1) is 23.7 Å². The lowest BCUT2D eigenvalue weighted by Gasteiger charge is -2.35. The van der Waals surface area contributed by atoms with Crippen molar-refractivity contribution in [2.75, 3.05) is 13.7 Å². The van der Waals surface area contributed by atoms with Gasteiger partial charge in [0.05, 0.1) is 24.5 Å². The molecule has 1 heterocycles. The summed E-state index contributed by atoms with van der Waals surface area (Å²) in [4.78, 5) is 41.3. The predicted molar refractivity (Wildman–Crippen MR) is 114 cm³/mol. The molecule has 30 heavy (non-hydrogen) atoms. The molecule has 3 N–H and O–H groups in total. The number of amides is 3. The fourth-order valence-corrected chi connectivity index (χ4v) is 5.68. The van der Waals surface area contributed by atoms with Crippen LogP contribution in [0.2, 0.25) is 0 Å². The fraction of sp³-hybridized carbons (Fsp3) is 0.783. The first-order valence-electron chi connectivity index (χ1n) is 11.6. The Kier molecular flexibility index (Phi) is 7.55.